The van der Waals surface area contributed by atoms with E-state index in [4.69, 9.17) is 18.0 Å². The Hall–Kier alpha value is -1.71. The molecule has 20 heavy (non-hydrogen) atoms. The zero-order chi connectivity index (χ0) is 14.9. The fourth-order valence-corrected chi connectivity index (χ4v) is 2.36. The lowest BCUT2D eigenvalue weighted by Gasteiger charge is -2.29. The van der Waals surface area contributed by atoms with E-state index >= 15 is 0 Å². The largest absolute Gasteiger partial charge is 0.408 e. The highest BCUT2D eigenvalue weighted by Crippen LogP contribution is 2.42. The molecule has 7 heteroatoms. The molecule has 0 bridgehead atoms. The summed E-state index contributed by atoms with van der Waals surface area (Å²) >= 11 is 5.77. The number of hydrogen-bond acceptors (Lipinski definition) is 2. The average Bonchev–Trinajstić information content (AvgIpc) is 2.44. The van der Waals surface area contributed by atoms with Crippen LogP contribution in [0.25, 0.3) is 0 Å². The molecule has 1 amide bonds. The van der Waals surface area contributed by atoms with Gasteiger partial charge in [-0.2, -0.15) is 13.2 Å². The van der Waals surface area contributed by atoms with Crippen LogP contribution in [0.2, 0.25) is 5.02 Å². The van der Waals surface area contributed by atoms with Crippen LogP contribution in [-0.4, -0.2) is 30.1 Å². The van der Waals surface area contributed by atoms with Gasteiger partial charge in [0.05, 0.1) is 13.1 Å². The Morgan fingerprint density at radius 3 is 2.80 bits per heavy atom. The zero-order valence-electron chi connectivity index (χ0n) is 10.2. The van der Waals surface area contributed by atoms with Crippen LogP contribution in [-0.2, 0) is 4.79 Å². The molecule has 0 fully saturated rings. The van der Waals surface area contributed by atoms with E-state index in [1.165, 1.54) is 18.2 Å². The topological polar surface area (TPSA) is 32.3 Å². The van der Waals surface area contributed by atoms with Crippen molar-refractivity contribution < 1.29 is 18.0 Å². The number of halogens is 4. The van der Waals surface area contributed by atoms with Crippen LogP contribution in [0.4, 0.5) is 18.9 Å². The minimum atomic E-state index is -4.57. The summed E-state index contributed by atoms with van der Waals surface area (Å²) in [6.07, 6.45) is 0.528. The van der Waals surface area contributed by atoms with Crippen molar-refractivity contribution in [2.75, 3.05) is 18.4 Å². The van der Waals surface area contributed by atoms with Gasteiger partial charge in [0.15, 0.2) is 0 Å². The normalized spacial score (nSPS) is 19.8. The summed E-state index contributed by atoms with van der Waals surface area (Å²) in [5, 5.41) is 2.59. The number of amides is 1. The molecule has 0 spiro atoms. The van der Waals surface area contributed by atoms with Gasteiger partial charge < -0.3 is 5.32 Å². The zero-order valence-corrected chi connectivity index (χ0v) is 10.9. The number of carbonyl (C=O) groups is 1. The third-order valence-electron chi connectivity index (χ3n) is 2.90. The number of anilines is 1. The van der Waals surface area contributed by atoms with Gasteiger partial charge in [0.25, 0.3) is 0 Å². The molecule has 1 unspecified atom stereocenters. The molecule has 1 atom stereocenters. The number of rotatable bonds is 1. The second kappa shape index (κ2) is 5.35. The number of nitrogens with zero attached hydrogens (tertiary/aromatic N) is 1. The van der Waals surface area contributed by atoms with Crippen LogP contribution < -0.4 is 5.32 Å². The van der Waals surface area contributed by atoms with Gasteiger partial charge in [0.2, 0.25) is 5.91 Å². The van der Waals surface area contributed by atoms with Crippen molar-refractivity contribution in [3.8, 4) is 12.3 Å². The van der Waals surface area contributed by atoms with E-state index in [2.05, 4.69) is 11.2 Å². The summed E-state index contributed by atoms with van der Waals surface area (Å²) in [5.41, 5.74) is -0.00709. The maximum absolute atomic E-state index is 13.3. The fourth-order valence-electron chi connectivity index (χ4n) is 2.18. The molecule has 2 rings (SSSR count). The van der Waals surface area contributed by atoms with Gasteiger partial charge >= 0.3 is 6.18 Å². The molecule has 3 nitrogen and oxygen atoms in total. The molecule has 0 saturated heterocycles. The van der Waals surface area contributed by atoms with Crippen LogP contribution in [0, 0.1) is 12.3 Å². The molecular formula is C13H10ClF3N2O. The van der Waals surface area contributed by atoms with Crippen LogP contribution >= 0.6 is 11.6 Å². The van der Waals surface area contributed by atoms with Crippen molar-refractivity contribution in [2.24, 2.45) is 0 Å². The first-order valence-corrected chi connectivity index (χ1v) is 6.04. The minimum absolute atomic E-state index is 0.0984. The lowest BCUT2D eigenvalue weighted by molar-refractivity contribution is -0.184. The summed E-state index contributed by atoms with van der Waals surface area (Å²) in [4.78, 5) is 12.6. The van der Waals surface area contributed by atoms with Crippen LogP contribution in [0.15, 0.2) is 18.2 Å². The Kier molecular flexibility index (Phi) is 3.93. The molecule has 1 aromatic carbocycles. The molecular weight excluding hydrogens is 293 g/mol. The summed E-state index contributed by atoms with van der Waals surface area (Å²) in [7, 11) is 0. The number of carbonyl (C=O) groups excluding carboxylic acids is 1. The van der Waals surface area contributed by atoms with Crippen molar-refractivity contribution in [1.82, 2.24) is 4.90 Å². The Bertz CT molecular complexity index is 580. The number of terminal acetylenes is 1. The van der Waals surface area contributed by atoms with Crippen LogP contribution in [0.5, 0.6) is 0 Å². The van der Waals surface area contributed by atoms with Crippen molar-refractivity contribution in [2.45, 2.75) is 12.2 Å². The summed E-state index contributed by atoms with van der Waals surface area (Å²) in [5.74, 6) is 1.60. The molecule has 0 aliphatic carbocycles. The predicted molar refractivity (Wildman–Crippen MR) is 69.3 cm³/mol. The summed E-state index contributed by atoms with van der Waals surface area (Å²) < 4.78 is 40.0. The highest BCUT2D eigenvalue weighted by molar-refractivity contribution is 6.30. The Labute approximate surface area is 118 Å². The first-order chi connectivity index (χ1) is 9.32. The smallest absolute Gasteiger partial charge is 0.325 e. The van der Waals surface area contributed by atoms with Crippen LogP contribution in [0.3, 0.4) is 0 Å². The van der Waals surface area contributed by atoms with E-state index in [-0.39, 0.29) is 22.8 Å². The Balaban J connectivity index is 2.60. The molecule has 1 aromatic rings. The van der Waals surface area contributed by atoms with E-state index in [1.54, 1.807) is 0 Å². The van der Waals surface area contributed by atoms with Crippen molar-refractivity contribution >= 4 is 23.2 Å². The average molecular weight is 303 g/mol. The van der Waals surface area contributed by atoms with Gasteiger partial charge in [0.1, 0.15) is 6.04 Å². The number of benzene rings is 1. The monoisotopic (exact) mass is 302 g/mol. The molecule has 1 aliphatic heterocycles. The van der Waals surface area contributed by atoms with E-state index in [0.717, 1.165) is 4.90 Å². The van der Waals surface area contributed by atoms with Crippen molar-refractivity contribution in [3.05, 3.63) is 28.8 Å². The predicted octanol–water partition coefficient (Wildman–Crippen LogP) is 2.83. The lowest BCUT2D eigenvalue weighted by Crippen LogP contribution is -2.40. The fraction of sp³-hybridized carbons (Fsp3) is 0.308. The van der Waals surface area contributed by atoms with E-state index in [9.17, 15) is 18.0 Å². The minimum Gasteiger partial charge on any atom is -0.325 e. The number of alkyl halides is 3. The number of nitrogens with one attached hydrogen (secondary N) is 1. The van der Waals surface area contributed by atoms with Crippen LogP contribution in [0.1, 0.15) is 11.6 Å². The maximum Gasteiger partial charge on any atom is 0.408 e. The van der Waals surface area contributed by atoms with Crippen molar-refractivity contribution in [3.63, 3.8) is 0 Å². The summed E-state index contributed by atoms with van der Waals surface area (Å²) in [6.45, 7) is -0.718. The molecule has 0 saturated carbocycles. The summed E-state index contributed by atoms with van der Waals surface area (Å²) in [6, 6.07) is 2.01. The quantitative estimate of drug-likeness (QED) is 0.809. The highest BCUT2D eigenvalue weighted by Gasteiger charge is 2.47. The van der Waals surface area contributed by atoms with E-state index in [1.807, 2.05) is 0 Å². The third kappa shape index (κ3) is 2.89. The SMILES string of the molecule is C#CCN1CC(=O)Nc2ccc(Cl)cc2C1C(F)(F)F. The molecule has 1 N–H and O–H groups in total. The van der Waals surface area contributed by atoms with Crippen molar-refractivity contribution in [1.29, 1.82) is 0 Å². The highest BCUT2D eigenvalue weighted by atomic mass is 35.5. The molecule has 1 aliphatic rings. The second-order valence-corrected chi connectivity index (χ2v) is 4.77. The van der Waals surface area contributed by atoms with Gasteiger partial charge in [-0.3, -0.25) is 9.69 Å². The number of hydrogen-bond donors (Lipinski definition) is 1. The second-order valence-electron chi connectivity index (χ2n) is 4.33. The van der Waals surface area contributed by atoms with Gasteiger partial charge in [0, 0.05) is 16.3 Å². The molecule has 1 heterocycles. The number of fused-ring (bicyclic) bond motifs is 1. The van der Waals surface area contributed by atoms with Gasteiger partial charge in [-0.15, -0.1) is 6.42 Å². The van der Waals surface area contributed by atoms with Gasteiger partial charge in [-0.25, -0.2) is 0 Å². The van der Waals surface area contributed by atoms with E-state index in [0.29, 0.717) is 0 Å². The Morgan fingerprint density at radius 2 is 2.20 bits per heavy atom. The molecule has 0 radical (unpaired) electrons. The first kappa shape index (κ1) is 14.7. The molecule has 106 valence electrons. The van der Waals surface area contributed by atoms with Gasteiger partial charge in [-0.05, 0) is 18.2 Å². The van der Waals surface area contributed by atoms with Gasteiger partial charge in [-0.1, -0.05) is 17.5 Å². The first-order valence-electron chi connectivity index (χ1n) is 5.66. The maximum atomic E-state index is 13.3. The standard InChI is InChI=1S/C13H10ClF3N2O/c1-2-5-19-7-11(20)18-10-4-3-8(14)6-9(10)12(19)13(15,16)17/h1,3-4,6,12H,5,7H2,(H,18,20). The molecule has 0 aromatic heterocycles. The van der Waals surface area contributed by atoms with E-state index < -0.39 is 24.7 Å². The lowest BCUT2D eigenvalue weighted by atomic mass is 10.0. The third-order valence-corrected chi connectivity index (χ3v) is 3.13. The Morgan fingerprint density at radius 1 is 1.50 bits per heavy atom.